The van der Waals surface area contributed by atoms with Gasteiger partial charge in [0.25, 0.3) is 5.56 Å². The predicted molar refractivity (Wildman–Crippen MR) is 112 cm³/mol. The van der Waals surface area contributed by atoms with E-state index in [9.17, 15) is 22.8 Å². The Balaban J connectivity index is 1.67. The van der Waals surface area contributed by atoms with Crippen LogP contribution in [-0.4, -0.2) is 25.2 Å². The summed E-state index contributed by atoms with van der Waals surface area (Å²) in [5, 5.41) is 6.96. The lowest BCUT2D eigenvalue weighted by molar-refractivity contribution is -0.137. The van der Waals surface area contributed by atoms with Crippen LogP contribution >= 0.6 is 0 Å². The van der Waals surface area contributed by atoms with Gasteiger partial charge in [0.2, 0.25) is 11.9 Å². The average Bonchev–Trinajstić information content (AvgIpc) is 3.07. The first-order valence-electron chi connectivity index (χ1n) is 10.3. The Morgan fingerprint density at radius 3 is 2.44 bits per heavy atom. The quantitative estimate of drug-likeness (QED) is 0.666. The van der Waals surface area contributed by atoms with E-state index in [0.29, 0.717) is 18.4 Å². The molecular formula is C22H22F3N5O2. The van der Waals surface area contributed by atoms with E-state index in [1.807, 2.05) is 19.9 Å². The van der Waals surface area contributed by atoms with Crippen LogP contribution in [0, 0.1) is 13.8 Å². The summed E-state index contributed by atoms with van der Waals surface area (Å²) in [5.41, 5.74) is 1.94. The van der Waals surface area contributed by atoms with E-state index in [0.717, 1.165) is 42.1 Å². The predicted octanol–water partition coefficient (Wildman–Crippen LogP) is 3.58. The third-order valence-electron chi connectivity index (χ3n) is 5.42. The van der Waals surface area contributed by atoms with Gasteiger partial charge in [0, 0.05) is 16.9 Å². The van der Waals surface area contributed by atoms with Gasteiger partial charge in [0.05, 0.1) is 17.0 Å². The van der Waals surface area contributed by atoms with Crippen molar-refractivity contribution in [1.29, 1.82) is 0 Å². The number of carbonyl (C=O) groups is 1. The van der Waals surface area contributed by atoms with Crippen LogP contribution in [0.5, 0.6) is 0 Å². The van der Waals surface area contributed by atoms with Gasteiger partial charge in [-0.25, -0.2) is 9.67 Å². The topological polar surface area (TPSA) is 81.8 Å². The van der Waals surface area contributed by atoms with E-state index in [-0.39, 0.29) is 23.7 Å². The van der Waals surface area contributed by atoms with Crippen molar-refractivity contribution >= 4 is 11.6 Å². The number of hydrogen-bond donors (Lipinski definition) is 1. The van der Waals surface area contributed by atoms with Crippen LogP contribution in [0.3, 0.4) is 0 Å². The van der Waals surface area contributed by atoms with Gasteiger partial charge in [-0.05, 0) is 69.9 Å². The van der Waals surface area contributed by atoms with Crippen LogP contribution in [0.25, 0.3) is 5.95 Å². The fourth-order valence-electron chi connectivity index (χ4n) is 3.90. The number of fused-ring (bicyclic) bond motifs is 1. The highest BCUT2D eigenvalue weighted by Gasteiger charge is 2.30. The Morgan fingerprint density at radius 1 is 1.12 bits per heavy atom. The lowest BCUT2D eigenvalue weighted by Gasteiger charge is -2.20. The van der Waals surface area contributed by atoms with Crippen molar-refractivity contribution in [3.05, 3.63) is 68.9 Å². The van der Waals surface area contributed by atoms with Crippen LogP contribution in [-0.2, 0) is 30.4 Å². The molecule has 0 fully saturated rings. The van der Waals surface area contributed by atoms with E-state index in [4.69, 9.17) is 0 Å². The molecule has 1 aliphatic carbocycles. The lowest BCUT2D eigenvalue weighted by Crippen LogP contribution is -2.35. The first-order valence-corrected chi connectivity index (χ1v) is 10.3. The summed E-state index contributed by atoms with van der Waals surface area (Å²) >= 11 is 0. The number of aromatic nitrogens is 4. The molecule has 1 N–H and O–H groups in total. The highest BCUT2D eigenvalue weighted by Crippen LogP contribution is 2.29. The Kier molecular flexibility index (Phi) is 5.62. The molecule has 0 unspecified atom stereocenters. The number of carbonyl (C=O) groups excluding carboxylic acids is 1. The number of nitrogens with one attached hydrogen (secondary N) is 1. The van der Waals surface area contributed by atoms with Crippen molar-refractivity contribution in [2.75, 3.05) is 5.32 Å². The molecular weight excluding hydrogens is 423 g/mol. The maximum atomic E-state index is 13.2. The number of anilines is 1. The van der Waals surface area contributed by atoms with Crippen molar-refractivity contribution in [2.24, 2.45) is 0 Å². The van der Waals surface area contributed by atoms with Crippen LogP contribution in [0.2, 0.25) is 0 Å². The molecule has 32 heavy (non-hydrogen) atoms. The molecule has 168 valence electrons. The zero-order valence-corrected chi connectivity index (χ0v) is 17.7. The van der Waals surface area contributed by atoms with E-state index in [1.54, 1.807) is 0 Å². The number of rotatable bonds is 4. The fraction of sp³-hybridized carbons (Fsp3) is 0.364. The van der Waals surface area contributed by atoms with Crippen LogP contribution in [0.15, 0.2) is 35.1 Å². The van der Waals surface area contributed by atoms with Gasteiger partial charge < -0.3 is 5.32 Å². The molecule has 0 saturated carbocycles. The van der Waals surface area contributed by atoms with Crippen molar-refractivity contribution in [3.8, 4) is 5.95 Å². The lowest BCUT2D eigenvalue weighted by atomic mass is 9.97. The van der Waals surface area contributed by atoms with Gasteiger partial charge in [-0.15, -0.1) is 0 Å². The minimum absolute atomic E-state index is 0.203. The van der Waals surface area contributed by atoms with Crippen molar-refractivity contribution in [2.45, 2.75) is 52.3 Å². The average molecular weight is 445 g/mol. The molecule has 4 rings (SSSR count). The van der Waals surface area contributed by atoms with Crippen molar-refractivity contribution in [1.82, 2.24) is 19.3 Å². The van der Waals surface area contributed by atoms with E-state index < -0.39 is 17.6 Å². The molecule has 0 spiro atoms. The molecule has 0 bridgehead atoms. The standard InChI is InChI=1S/C22H22F3N5O2/c1-13-11-14(2)30(28-13)21-27-18-6-4-3-5-17(18)20(32)29(21)12-19(31)26-16-9-7-15(8-10-16)22(23,24)25/h7-11H,3-6,12H2,1-2H3,(H,26,31). The molecule has 0 atom stereocenters. The second-order valence-corrected chi connectivity index (χ2v) is 7.90. The summed E-state index contributed by atoms with van der Waals surface area (Å²) in [6.45, 7) is 3.31. The minimum atomic E-state index is -4.46. The van der Waals surface area contributed by atoms with E-state index in [2.05, 4.69) is 15.4 Å². The SMILES string of the molecule is Cc1cc(C)n(-c2nc3c(c(=O)n2CC(=O)Nc2ccc(C(F)(F)F)cc2)CCCC3)n1. The van der Waals surface area contributed by atoms with Crippen LogP contribution in [0.4, 0.5) is 18.9 Å². The highest BCUT2D eigenvalue weighted by atomic mass is 19.4. The van der Waals surface area contributed by atoms with Gasteiger partial charge in [-0.2, -0.15) is 18.3 Å². The number of halogens is 3. The number of amides is 1. The zero-order chi connectivity index (χ0) is 23.0. The number of aryl methyl sites for hydroxylation is 3. The highest BCUT2D eigenvalue weighted by molar-refractivity contribution is 5.90. The maximum absolute atomic E-state index is 13.2. The number of alkyl halides is 3. The monoisotopic (exact) mass is 445 g/mol. The Hall–Kier alpha value is -3.43. The summed E-state index contributed by atoms with van der Waals surface area (Å²) in [7, 11) is 0. The first kappa shape index (κ1) is 21.8. The molecule has 3 aromatic rings. The third-order valence-corrected chi connectivity index (χ3v) is 5.42. The summed E-state index contributed by atoms with van der Waals surface area (Å²) in [4.78, 5) is 30.6. The first-order chi connectivity index (χ1) is 15.1. The van der Waals surface area contributed by atoms with Gasteiger partial charge in [0.1, 0.15) is 6.54 Å². The largest absolute Gasteiger partial charge is 0.416 e. The molecule has 7 nitrogen and oxygen atoms in total. The number of benzene rings is 1. The molecule has 1 amide bonds. The molecule has 0 aliphatic heterocycles. The van der Waals surface area contributed by atoms with Gasteiger partial charge >= 0.3 is 6.18 Å². The minimum Gasteiger partial charge on any atom is -0.325 e. The van der Waals surface area contributed by atoms with Gasteiger partial charge in [0.15, 0.2) is 0 Å². The summed E-state index contributed by atoms with van der Waals surface area (Å²) < 4.78 is 41.1. The van der Waals surface area contributed by atoms with E-state index >= 15 is 0 Å². The normalized spacial score (nSPS) is 13.7. The second-order valence-electron chi connectivity index (χ2n) is 7.90. The molecule has 0 saturated heterocycles. The Morgan fingerprint density at radius 2 is 1.81 bits per heavy atom. The molecule has 10 heteroatoms. The summed E-state index contributed by atoms with van der Waals surface area (Å²) in [5.74, 6) is -0.295. The summed E-state index contributed by atoms with van der Waals surface area (Å²) in [6.07, 6.45) is -1.36. The molecule has 1 aliphatic rings. The smallest absolute Gasteiger partial charge is 0.325 e. The fourth-order valence-corrected chi connectivity index (χ4v) is 3.90. The second kappa shape index (κ2) is 8.25. The van der Waals surface area contributed by atoms with E-state index in [1.165, 1.54) is 21.4 Å². The Labute approximate surface area is 181 Å². The van der Waals surface area contributed by atoms with Gasteiger partial charge in [-0.1, -0.05) is 0 Å². The van der Waals surface area contributed by atoms with Crippen molar-refractivity contribution in [3.63, 3.8) is 0 Å². The van der Waals surface area contributed by atoms with Gasteiger partial charge in [-0.3, -0.25) is 14.2 Å². The number of nitrogens with zero attached hydrogens (tertiary/aromatic N) is 4. The summed E-state index contributed by atoms with van der Waals surface area (Å²) in [6, 6.07) is 5.98. The third kappa shape index (κ3) is 4.30. The number of hydrogen-bond acceptors (Lipinski definition) is 4. The molecule has 0 radical (unpaired) electrons. The molecule has 1 aromatic carbocycles. The van der Waals surface area contributed by atoms with Crippen molar-refractivity contribution < 1.29 is 18.0 Å². The van der Waals surface area contributed by atoms with Crippen LogP contribution in [0.1, 0.15) is 41.1 Å². The van der Waals surface area contributed by atoms with Crippen LogP contribution < -0.4 is 10.9 Å². The molecule has 2 heterocycles. The molecule has 2 aromatic heterocycles. The maximum Gasteiger partial charge on any atom is 0.416 e. The Bertz CT molecular complexity index is 1230. The zero-order valence-electron chi connectivity index (χ0n) is 17.7.